The topological polar surface area (TPSA) is 68.3 Å². The lowest BCUT2D eigenvalue weighted by Crippen LogP contribution is -2.44. The van der Waals surface area contributed by atoms with Gasteiger partial charge in [0.15, 0.2) is 0 Å². The second-order valence-electron chi connectivity index (χ2n) is 6.48. The molecule has 2 aliphatic heterocycles. The molecule has 0 bridgehead atoms. The van der Waals surface area contributed by atoms with Gasteiger partial charge in [-0.2, -0.15) is 5.06 Å². The summed E-state index contributed by atoms with van der Waals surface area (Å²) >= 11 is 0. The molecule has 2 unspecified atom stereocenters. The van der Waals surface area contributed by atoms with Gasteiger partial charge in [0.2, 0.25) is 10.0 Å². The minimum atomic E-state index is -3.45. The van der Waals surface area contributed by atoms with Gasteiger partial charge in [-0.15, -0.1) is 0 Å². The Bertz CT molecular complexity index is 681. The zero-order valence-electron chi connectivity index (χ0n) is 15.0. The van der Waals surface area contributed by atoms with E-state index in [0.717, 1.165) is 24.8 Å². The zero-order valence-corrected chi connectivity index (χ0v) is 15.8. The number of piperidine rings is 1. The molecule has 0 aromatic heterocycles. The van der Waals surface area contributed by atoms with Crippen molar-refractivity contribution >= 4 is 10.0 Å². The maximum atomic E-state index is 13.2. The fourth-order valence-corrected chi connectivity index (χ4v) is 5.62. The lowest BCUT2D eigenvalue weighted by atomic mass is 10.0. The molecule has 3 rings (SSSR count). The first-order valence-electron chi connectivity index (χ1n) is 8.55. The molecule has 2 aliphatic rings. The van der Waals surface area contributed by atoms with Gasteiger partial charge in [0.05, 0.1) is 26.9 Å². The second-order valence-corrected chi connectivity index (χ2v) is 8.63. The average Bonchev–Trinajstić information content (AvgIpc) is 3.04. The third-order valence-electron chi connectivity index (χ3n) is 4.96. The van der Waals surface area contributed by atoms with Crippen LogP contribution in [0.2, 0.25) is 0 Å². The van der Waals surface area contributed by atoms with E-state index in [9.17, 15) is 8.42 Å². The summed E-state index contributed by atoms with van der Waals surface area (Å²) in [4.78, 5) is 5.60. The van der Waals surface area contributed by atoms with Crippen LogP contribution in [0.15, 0.2) is 18.2 Å². The Balaban J connectivity index is 1.96. The number of rotatable bonds is 5. The van der Waals surface area contributed by atoms with Gasteiger partial charge in [-0.05, 0) is 30.5 Å². The molecule has 0 aliphatic carbocycles. The molecule has 25 heavy (non-hydrogen) atoms. The van der Waals surface area contributed by atoms with Gasteiger partial charge in [0.1, 0.15) is 16.7 Å². The monoisotopic (exact) mass is 370 g/mol. The van der Waals surface area contributed by atoms with E-state index in [4.69, 9.17) is 14.3 Å². The van der Waals surface area contributed by atoms with Crippen molar-refractivity contribution in [1.29, 1.82) is 0 Å². The highest BCUT2D eigenvalue weighted by atomic mass is 32.2. The molecule has 0 radical (unpaired) electrons. The van der Waals surface area contributed by atoms with Crippen LogP contribution in [0.25, 0.3) is 0 Å². The fourth-order valence-electron chi connectivity index (χ4n) is 3.58. The first kappa shape index (κ1) is 18.4. The Labute approximate surface area is 149 Å². The van der Waals surface area contributed by atoms with E-state index < -0.39 is 21.3 Å². The number of hydrogen-bond donors (Lipinski definition) is 0. The summed E-state index contributed by atoms with van der Waals surface area (Å²) in [6.45, 7) is 1.34. The summed E-state index contributed by atoms with van der Waals surface area (Å²) in [5.41, 5.74) is 0.807. The Kier molecular flexibility index (Phi) is 5.52. The summed E-state index contributed by atoms with van der Waals surface area (Å²) in [5, 5.41) is 0.979. The van der Waals surface area contributed by atoms with E-state index in [0.29, 0.717) is 24.6 Å². The molecule has 2 fully saturated rings. The summed E-state index contributed by atoms with van der Waals surface area (Å²) in [6.07, 6.45) is 2.92. The third-order valence-corrected chi connectivity index (χ3v) is 7.20. The molecule has 0 spiro atoms. The van der Waals surface area contributed by atoms with Crippen molar-refractivity contribution in [3.05, 3.63) is 23.8 Å². The van der Waals surface area contributed by atoms with Gasteiger partial charge < -0.3 is 9.47 Å². The second kappa shape index (κ2) is 7.49. The molecular formula is C17H26N2O5S. The maximum Gasteiger partial charge on any atom is 0.221 e. The zero-order chi connectivity index (χ0) is 18.0. The lowest BCUT2D eigenvalue weighted by molar-refractivity contribution is -0.110. The van der Waals surface area contributed by atoms with Crippen molar-refractivity contribution in [3.63, 3.8) is 0 Å². The normalized spacial score (nSPS) is 25.9. The van der Waals surface area contributed by atoms with Crippen molar-refractivity contribution in [2.45, 2.75) is 30.6 Å². The van der Waals surface area contributed by atoms with E-state index in [1.165, 1.54) is 0 Å². The molecular weight excluding hydrogens is 344 g/mol. The Hall–Kier alpha value is -1.35. The minimum Gasteiger partial charge on any atom is -0.497 e. The molecule has 0 saturated carbocycles. The SMILES string of the molecule is COc1cc(OC)cc(C2C(S(=O)(=O)N3CCCCC3)CON2C)c1. The highest BCUT2D eigenvalue weighted by molar-refractivity contribution is 7.89. The van der Waals surface area contributed by atoms with Crippen LogP contribution in [0.5, 0.6) is 11.5 Å². The number of hydrogen-bond acceptors (Lipinski definition) is 6. The Morgan fingerprint density at radius 2 is 1.64 bits per heavy atom. The predicted molar refractivity (Wildman–Crippen MR) is 94.1 cm³/mol. The van der Waals surface area contributed by atoms with Crippen LogP contribution in [0.3, 0.4) is 0 Å². The number of benzene rings is 1. The summed E-state index contributed by atoms with van der Waals surface area (Å²) in [5.74, 6) is 1.26. The smallest absolute Gasteiger partial charge is 0.221 e. The van der Waals surface area contributed by atoms with Gasteiger partial charge in [0.25, 0.3) is 0 Å². The predicted octanol–water partition coefficient (Wildman–Crippen LogP) is 1.81. The van der Waals surface area contributed by atoms with Crippen LogP contribution >= 0.6 is 0 Å². The van der Waals surface area contributed by atoms with Crippen molar-refractivity contribution in [3.8, 4) is 11.5 Å². The molecule has 0 amide bonds. The number of hydroxylamine groups is 2. The van der Waals surface area contributed by atoms with E-state index >= 15 is 0 Å². The molecule has 8 heteroatoms. The van der Waals surface area contributed by atoms with Crippen molar-refractivity contribution < 1.29 is 22.7 Å². The number of sulfonamides is 1. The van der Waals surface area contributed by atoms with Gasteiger partial charge in [-0.25, -0.2) is 12.7 Å². The fraction of sp³-hybridized carbons (Fsp3) is 0.647. The Morgan fingerprint density at radius 1 is 1.04 bits per heavy atom. The minimum absolute atomic E-state index is 0.152. The molecule has 1 aromatic carbocycles. The molecule has 0 N–H and O–H groups in total. The van der Waals surface area contributed by atoms with Gasteiger partial charge in [-0.1, -0.05) is 6.42 Å². The summed E-state index contributed by atoms with van der Waals surface area (Å²) < 4.78 is 38.6. The lowest BCUT2D eigenvalue weighted by Gasteiger charge is -2.31. The first-order chi connectivity index (χ1) is 12.0. The van der Waals surface area contributed by atoms with Crippen LogP contribution in [0.4, 0.5) is 0 Å². The number of ether oxygens (including phenoxy) is 2. The van der Waals surface area contributed by atoms with Gasteiger partial charge in [-0.3, -0.25) is 4.84 Å². The van der Waals surface area contributed by atoms with Gasteiger partial charge >= 0.3 is 0 Å². The van der Waals surface area contributed by atoms with E-state index in [-0.39, 0.29) is 6.61 Å². The average molecular weight is 370 g/mol. The molecule has 7 nitrogen and oxygen atoms in total. The first-order valence-corrected chi connectivity index (χ1v) is 10.1. The number of nitrogens with zero attached hydrogens (tertiary/aromatic N) is 2. The van der Waals surface area contributed by atoms with Crippen molar-refractivity contribution in [1.82, 2.24) is 9.37 Å². The Morgan fingerprint density at radius 3 is 2.20 bits per heavy atom. The molecule has 2 saturated heterocycles. The summed E-state index contributed by atoms with van der Waals surface area (Å²) in [6, 6.07) is 5.05. The van der Waals surface area contributed by atoms with Crippen molar-refractivity contribution in [2.24, 2.45) is 0 Å². The van der Waals surface area contributed by atoms with Crippen LogP contribution in [0.1, 0.15) is 30.9 Å². The van der Waals surface area contributed by atoms with E-state index in [1.807, 2.05) is 12.1 Å². The molecule has 2 atom stereocenters. The van der Waals surface area contributed by atoms with Crippen LogP contribution in [-0.2, 0) is 14.9 Å². The summed E-state index contributed by atoms with van der Waals surface area (Å²) in [7, 11) is 1.48. The molecule has 140 valence electrons. The van der Waals surface area contributed by atoms with E-state index in [2.05, 4.69) is 0 Å². The largest absolute Gasteiger partial charge is 0.497 e. The molecule has 2 heterocycles. The maximum absolute atomic E-state index is 13.2. The number of methoxy groups -OCH3 is 2. The van der Waals surface area contributed by atoms with Crippen molar-refractivity contribution in [2.75, 3.05) is 41.0 Å². The quantitative estimate of drug-likeness (QED) is 0.787. The third kappa shape index (κ3) is 3.62. The highest BCUT2D eigenvalue weighted by Gasteiger charge is 2.46. The molecule has 1 aromatic rings. The van der Waals surface area contributed by atoms with Crippen LogP contribution in [-0.4, -0.2) is 64.0 Å². The van der Waals surface area contributed by atoms with Crippen LogP contribution in [0, 0.1) is 0 Å². The van der Waals surface area contributed by atoms with Gasteiger partial charge in [0, 0.05) is 26.2 Å². The van der Waals surface area contributed by atoms with E-state index in [1.54, 1.807) is 36.7 Å². The van der Waals surface area contributed by atoms with Crippen LogP contribution < -0.4 is 9.47 Å². The standard InChI is InChI=1S/C17H26N2O5S/c1-18-17(13-9-14(22-2)11-15(10-13)23-3)16(12-24-18)25(20,21)19-7-5-4-6-8-19/h9-11,16-17H,4-8,12H2,1-3H3. The highest BCUT2D eigenvalue weighted by Crippen LogP contribution is 2.38.